The minimum absolute atomic E-state index is 0.0840. The molecule has 0 saturated carbocycles. The van der Waals surface area contributed by atoms with Crippen LogP contribution in [0.3, 0.4) is 0 Å². The van der Waals surface area contributed by atoms with Gasteiger partial charge in [-0.05, 0) is 55.7 Å². The van der Waals surface area contributed by atoms with E-state index in [1.54, 1.807) is 41.3 Å². The Bertz CT molecular complexity index is 888. The van der Waals surface area contributed by atoms with E-state index in [0.717, 1.165) is 5.56 Å². The number of fused-ring (bicyclic) bond motifs is 1. The van der Waals surface area contributed by atoms with E-state index >= 15 is 0 Å². The Labute approximate surface area is 164 Å². The van der Waals surface area contributed by atoms with Crippen LogP contribution in [0.2, 0.25) is 0 Å². The van der Waals surface area contributed by atoms with Gasteiger partial charge in [0, 0.05) is 30.8 Å². The molecule has 0 fully saturated rings. The molecule has 0 bridgehead atoms. The zero-order valence-corrected chi connectivity index (χ0v) is 16.1. The van der Waals surface area contributed by atoms with E-state index in [1.807, 2.05) is 26.0 Å². The molecule has 1 heterocycles. The second kappa shape index (κ2) is 8.25. The number of hydrogen-bond acceptors (Lipinski definition) is 3. The SMILES string of the molecule is CCN(CC)C(=O)c1ccc(C(=O)N2CCc3ccccc3C2C(=O)O)cc1. The molecule has 0 aromatic heterocycles. The highest BCUT2D eigenvalue weighted by Gasteiger charge is 2.36. The van der Waals surface area contributed by atoms with E-state index in [1.165, 1.54) is 4.90 Å². The van der Waals surface area contributed by atoms with Crippen LogP contribution in [0.4, 0.5) is 0 Å². The minimum Gasteiger partial charge on any atom is -0.479 e. The third kappa shape index (κ3) is 3.63. The predicted molar refractivity (Wildman–Crippen MR) is 105 cm³/mol. The van der Waals surface area contributed by atoms with Crippen LogP contribution in [0.15, 0.2) is 48.5 Å². The molecular formula is C22H24N2O4. The van der Waals surface area contributed by atoms with Crippen molar-refractivity contribution in [3.63, 3.8) is 0 Å². The first kappa shape index (κ1) is 19.6. The zero-order valence-electron chi connectivity index (χ0n) is 16.1. The first-order valence-corrected chi connectivity index (χ1v) is 9.48. The van der Waals surface area contributed by atoms with Crippen molar-refractivity contribution in [3.05, 3.63) is 70.8 Å². The second-order valence-corrected chi connectivity index (χ2v) is 6.74. The molecule has 1 aliphatic heterocycles. The average Bonchev–Trinajstić information content (AvgIpc) is 2.73. The van der Waals surface area contributed by atoms with Crippen LogP contribution in [0.1, 0.15) is 51.7 Å². The molecule has 1 atom stereocenters. The summed E-state index contributed by atoms with van der Waals surface area (Å²) in [5, 5.41) is 9.74. The van der Waals surface area contributed by atoms with Gasteiger partial charge in [0.05, 0.1) is 0 Å². The predicted octanol–water partition coefficient (Wildman–Crippen LogP) is 2.99. The minimum atomic E-state index is -1.05. The van der Waals surface area contributed by atoms with Crippen LogP contribution in [0.25, 0.3) is 0 Å². The van der Waals surface area contributed by atoms with Gasteiger partial charge in [-0.15, -0.1) is 0 Å². The first-order valence-electron chi connectivity index (χ1n) is 9.48. The number of carboxylic acid groups (broad SMARTS) is 1. The maximum atomic E-state index is 13.0. The zero-order chi connectivity index (χ0) is 20.3. The number of hydrogen-bond donors (Lipinski definition) is 1. The van der Waals surface area contributed by atoms with Gasteiger partial charge >= 0.3 is 5.97 Å². The van der Waals surface area contributed by atoms with E-state index in [9.17, 15) is 19.5 Å². The third-order valence-electron chi connectivity index (χ3n) is 5.21. The van der Waals surface area contributed by atoms with Crippen molar-refractivity contribution < 1.29 is 19.5 Å². The van der Waals surface area contributed by atoms with Gasteiger partial charge in [0.15, 0.2) is 6.04 Å². The summed E-state index contributed by atoms with van der Waals surface area (Å²) < 4.78 is 0. The summed E-state index contributed by atoms with van der Waals surface area (Å²) in [6.45, 7) is 5.40. The lowest BCUT2D eigenvalue weighted by Gasteiger charge is -2.34. The monoisotopic (exact) mass is 380 g/mol. The molecule has 1 aliphatic rings. The van der Waals surface area contributed by atoms with E-state index in [4.69, 9.17) is 0 Å². The van der Waals surface area contributed by atoms with Crippen molar-refractivity contribution >= 4 is 17.8 Å². The molecule has 0 spiro atoms. The summed E-state index contributed by atoms with van der Waals surface area (Å²) in [4.78, 5) is 40.4. The topological polar surface area (TPSA) is 77.9 Å². The Hall–Kier alpha value is -3.15. The van der Waals surface area contributed by atoms with Gasteiger partial charge in [-0.1, -0.05) is 24.3 Å². The van der Waals surface area contributed by atoms with Crippen LogP contribution in [0, 0.1) is 0 Å². The van der Waals surface area contributed by atoms with Gasteiger partial charge in [-0.3, -0.25) is 9.59 Å². The third-order valence-corrected chi connectivity index (χ3v) is 5.21. The van der Waals surface area contributed by atoms with E-state index in [-0.39, 0.29) is 11.8 Å². The molecule has 28 heavy (non-hydrogen) atoms. The van der Waals surface area contributed by atoms with Gasteiger partial charge in [0.25, 0.3) is 11.8 Å². The van der Waals surface area contributed by atoms with Crippen molar-refractivity contribution in [3.8, 4) is 0 Å². The van der Waals surface area contributed by atoms with Gasteiger partial charge in [-0.2, -0.15) is 0 Å². The Morgan fingerprint density at radius 3 is 2.21 bits per heavy atom. The lowest BCUT2D eigenvalue weighted by atomic mass is 9.92. The maximum absolute atomic E-state index is 13.0. The Balaban J connectivity index is 1.85. The summed E-state index contributed by atoms with van der Waals surface area (Å²) in [6, 6.07) is 12.8. The highest BCUT2D eigenvalue weighted by molar-refractivity contribution is 5.99. The molecule has 2 amide bonds. The number of carbonyl (C=O) groups excluding carboxylic acids is 2. The molecule has 1 unspecified atom stereocenters. The van der Waals surface area contributed by atoms with Gasteiger partial charge in [0.2, 0.25) is 0 Å². The fourth-order valence-corrected chi connectivity index (χ4v) is 3.67. The van der Waals surface area contributed by atoms with Gasteiger partial charge in [0.1, 0.15) is 0 Å². The number of amides is 2. The molecule has 2 aromatic rings. The first-order chi connectivity index (χ1) is 13.5. The summed E-state index contributed by atoms with van der Waals surface area (Å²) >= 11 is 0. The fourth-order valence-electron chi connectivity index (χ4n) is 3.67. The molecule has 1 N–H and O–H groups in total. The van der Waals surface area contributed by atoms with Crippen molar-refractivity contribution in [2.24, 2.45) is 0 Å². The molecule has 0 saturated heterocycles. The summed E-state index contributed by atoms with van der Waals surface area (Å²) in [7, 11) is 0. The van der Waals surface area contributed by atoms with E-state index in [2.05, 4.69) is 0 Å². The molecule has 2 aromatic carbocycles. The van der Waals surface area contributed by atoms with Crippen LogP contribution in [-0.4, -0.2) is 52.3 Å². The molecular weight excluding hydrogens is 356 g/mol. The van der Waals surface area contributed by atoms with Crippen molar-refractivity contribution in [2.75, 3.05) is 19.6 Å². The summed E-state index contributed by atoms with van der Waals surface area (Å²) in [6.07, 6.45) is 0.615. The molecule has 6 nitrogen and oxygen atoms in total. The van der Waals surface area contributed by atoms with Crippen molar-refractivity contribution in [1.29, 1.82) is 0 Å². The van der Waals surface area contributed by atoms with Crippen molar-refractivity contribution in [1.82, 2.24) is 9.80 Å². The van der Waals surface area contributed by atoms with E-state index < -0.39 is 12.0 Å². The number of carboxylic acids is 1. The van der Waals surface area contributed by atoms with Gasteiger partial charge < -0.3 is 14.9 Å². The molecule has 3 rings (SSSR count). The Morgan fingerprint density at radius 1 is 1.00 bits per heavy atom. The maximum Gasteiger partial charge on any atom is 0.331 e. The number of carbonyl (C=O) groups is 3. The van der Waals surface area contributed by atoms with Crippen molar-refractivity contribution in [2.45, 2.75) is 26.3 Å². The van der Waals surface area contributed by atoms with Crippen LogP contribution < -0.4 is 0 Å². The molecule has 0 radical (unpaired) electrons. The Morgan fingerprint density at radius 2 is 1.61 bits per heavy atom. The number of benzene rings is 2. The average molecular weight is 380 g/mol. The van der Waals surface area contributed by atoms with Crippen LogP contribution >= 0.6 is 0 Å². The van der Waals surface area contributed by atoms with Gasteiger partial charge in [-0.25, -0.2) is 4.79 Å². The normalized spacial score (nSPS) is 15.6. The van der Waals surface area contributed by atoms with Crippen LogP contribution in [0.5, 0.6) is 0 Å². The molecule has 6 heteroatoms. The summed E-state index contributed by atoms with van der Waals surface area (Å²) in [5.74, 6) is -1.48. The van der Waals surface area contributed by atoms with Crippen LogP contribution in [-0.2, 0) is 11.2 Å². The quantitative estimate of drug-likeness (QED) is 0.865. The second-order valence-electron chi connectivity index (χ2n) is 6.74. The smallest absolute Gasteiger partial charge is 0.331 e. The molecule has 146 valence electrons. The number of aliphatic carboxylic acids is 1. The summed E-state index contributed by atoms with van der Waals surface area (Å²) in [5.41, 5.74) is 2.50. The molecule has 0 aliphatic carbocycles. The van der Waals surface area contributed by atoms with E-state index in [0.29, 0.717) is 42.7 Å². The highest BCUT2D eigenvalue weighted by Crippen LogP contribution is 2.31. The Kier molecular flexibility index (Phi) is 5.78. The standard InChI is InChI=1S/C22H24N2O4/c1-3-23(4-2)20(25)16-9-11-17(12-10-16)21(26)24-14-13-15-7-5-6-8-18(15)19(24)22(27)28/h5-12,19H,3-4,13-14H2,1-2H3,(H,27,28). The fraction of sp³-hybridized carbons (Fsp3) is 0.318. The highest BCUT2D eigenvalue weighted by atomic mass is 16.4. The number of nitrogens with zero attached hydrogens (tertiary/aromatic N) is 2. The number of rotatable bonds is 5. The lowest BCUT2D eigenvalue weighted by molar-refractivity contribution is -0.143. The lowest BCUT2D eigenvalue weighted by Crippen LogP contribution is -2.43. The largest absolute Gasteiger partial charge is 0.479 e.